The second-order valence-electron chi connectivity index (χ2n) is 6.41. The molecule has 3 rings (SSSR count). The van der Waals surface area contributed by atoms with E-state index in [1.54, 1.807) is 0 Å². The third-order valence-electron chi connectivity index (χ3n) is 4.41. The SMILES string of the molecule is CC(C)c1noc(CN2C[C@@H](CN)[C@H](c3ccccc3)C2)n1. The number of nitrogens with zero attached hydrogens (tertiary/aromatic N) is 3. The van der Waals surface area contributed by atoms with Crippen LogP contribution in [0.1, 0.15) is 43.0 Å². The zero-order chi connectivity index (χ0) is 15.5. The molecule has 22 heavy (non-hydrogen) atoms. The van der Waals surface area contributed by atoms with Crippen LogP contribution in [0, 0.1) is 5.92 Å². The number of hydrogen-bond donors (Lipinski definition) is 1. The number of benzene rings is 1. The smallest absolute Gasteiger partial charge is 0.240 e. The predicted octanol–water partition coefficient (Wildman–Crippen LogP) is 2.37. The Morgan fingerprint density at radius 2 is 2.05 bits per heavy atom. The molecule has 0 spiro atoms. The second kappa shape index (κ2) is 6.58. The van der Waals surface area contributed by atoms with Gasteiger partial charge in [0.2, 0.25) is 5.89 Å². The first-order chi connectivity index (χ1) is 10.7. The van der Waals surface area contributed by atoms with E-state index in [9.17, 15) is 0 Å². The van der Waals surface area contributed by atoms with Crippen LogP contribution in [-0.4, -0.2) is 34.7 Å². The molecule has 0 bridgehead atoms. The van der Waals surface area contributed by atoms with E-state index in [1.165, 1.54) is 5.56 Å². The van der Waals surface area contributed by atoms with Crippen LogP contribution in [0.4, 0.5) is 0 Å². The van der Waals surface area contributed by atoms with Gasteiger partial charge in [-0.15, -0.1) is 0 Å². The molecular weight excluding hydrogens is 276 g/mol. The van der Waals surface area contributed by atoms with Crippen LogP contribution in [0.2, 0.25) is 0 Å². The summed E-state index contributed by atoms with van der Waals surface area (Å²) in [6, 6.07) is 10.6. The fourth-order valence-electron chi connectivity index (χ4n) is 3.16. The van der Waals surface area contributed by atoms with Gasteiger partial charge in [0, 0.05) is 24.9 Å². The lowest BCUT2D eigenvalue weighted by molar-refractivity contribution is 0.259. The predicted molar refractivity (Wildman–Crippen MR) is 85.4 cm³/mol. The van der Waals surface area contributed by atoms with Crippen molar-refractivity contribution in [2.45, 2.75) is 32.2 Å². The molecule has 1 saturated heterocycles. The zero-order valence-electron chi connectivity index (χ0n) is 13.3. The Morgan fingerprint density at radius 3 is 2.68 bits per heavy atom. The van der Waals surface area contributed by atoms with E-state index in [2.05, 4.69) is 59.2 Å². The first-order valence-corrected chi connectivity index (χ1v) is 7.97. The van der Waals surface area contributed by atoms with Gasteiger partial charge in [-0.1, -0.05) is 49.3 Å². The molecule has 118 valence electrons. The number of rotatable bonds is 5. The van der Waals surface area contributed by atoms with Crippen LogP contribution in [0.5, 0.6) is 0 Å². The van der Waals surface area contributed by atoms with Crippen molar-refractivity contribution in [1.82, 2.24) is 15.0 Å². The van der Waals surface area contributed by atoms with Crippen LogP contribution < -0.4 is 5.73 Å². The Labute approximate surface area is 131 Å². The minimum absolute atomic E-state index is 0.296. The normalized spacial score (nSPS) is 22.5. The molecule has 1 aromatic carbocycles. The molecule has 1 aromatic heterocycles. The van der Waals surface area contributed by atoms with Gasteiger partial charge in [-0.2, -0.15) is 4.98 Å². The number of aromatic nitrogens is 2. The third kappa shape index (κ3) is 3.20. The summed E-state index contributed by atoms with van der Waals surface area (Å²) in [4.78, 5) is 6.84. The summed E-state index contributed by atoms with van der Waals surface area (Å²) >= 11 is 0. The van der Waals surface area contributed by atoms with Crippen molar-refractivity contribution in [3.05, 3.63) is 47.6 Å². The van der Waals surface area contributed by atoms with Gasteiger partial charge < -0.3 is 10.3 Å². The minimum atomic E-state index is 0.296. The van der Waals surface area contributed by atoms with E-state index in [0.29, 0.717) is 36.7 Å². The van der Waals surface area contributed by atoms with Gasteiger partial charge in [-0.3, -0.25) is 4.90 Å². The highest BCUT2D eigenvalue weighted by Gasteiger charge is 2.33. The van der Waals surface area contributed by atoms with Crippen LogP contribution >= 0.6 is 0 Å². The Bertz CT molecular complexity index is 596. The van der Waals surface area contributed by atoms with Crippen molar-refractivity contribution in [3.63, 3.8) is 0 Å². The molecule has 0 aliphatic carbocycles. The van der Waals surface area contributed by atoms with Crippen LogP contribution in [0.25, 0.3) is 0 Å². The molecule has 1 aliphatic heterocycles. The van der Waals surface area contributed by atoms with Crippen LogP contribution in [-0.2, 0) is 6.54 Å². The van der Waals surface area contributed by atoms with E-state index in [0.717, 1.165) is 18.9 Å². The fraction of sp³-hybridized carbons (Fsp3) is 0.529. The van der Waals surface area contributed by atoms with Crippen molar-refractivity contribution in [3.8, 4) is 0 Å². The number of hydrogen-bond acceptors (Lipinski definition) is 5. The summed E-state index contributed by atoms with van der Waals surface area (Å²) < 4.78 is 5.36. The van der Waals surface area contributed by atoms with Gasteiger partial charge in [0.15, 0.2) is 5.82 Å². The lowest BCUT2D eigenvalue weighted by atomic mass is 9.89. The molecule has 2 N–H and O–H groups in total. The van der Waals surface area contributed by atoms with Crippen LogP contribution in [0.15, 0.2) is 34.9 Å². The maximum Gasteiger partial charge on any atom is 0.240 e. The van der Waals surface area contributed by atoms with Gasteiger partial charge in [0.05, 0.1) is 6.54 Å². The first kappa shape index (κ1) is 15.2. The van der Waals surface area contributed by atoms with E-state index in [-0.39, 0.29) is 0 Å². The summed E-state index contributed by atoms with van der Waals surface area (Å²) in [5.74, 6) is 2.75. The van der Waals surface area contributed by atoms with Crippen molar-refractivity contribution in [2.75, 3.05) is 19.6 Å². The molecule has 2 aromatic rings. The Kier molecular flexibility index (Phi) is 4.55. The highest BCUT2D eigenvalue weighted by molar-refractivity contribution is 5.22. The van der Waals surface area contributed by atoms with Gasteiger partial charge in [0.25, 0.3) is 0 Å². The van der Waals surface area contributed by atoms with Gasteiger partial charge in [0.1, 0.15) is 0 Å². The molecule has 1 aliphatic rings. The topological polar surface area (TPSA) is 68.2 Å². The van der Waals surface area contributed by atoms with Crippen molar-refractivity contribution < 1.29 is 4.52 Å². The summed E-state index contributed by atoms with van der Waals surface area (Å²) in [7, 11) is 0. The lowest BCUT2D eigenvalue weighted by Gasteiger charge is -2.16. The summed E-state index contributed by atoms with van der Waals surface area (Å²) in [5.41, 5.74) is 7.35. The van der Waals surface area contributed by atoms with E-state index in [4.69, 9.17) is 10.3 Å². The molecule has 2 heterocycles. The van der Waals surface area contributed by atoms with E-state index in [1.807, 2.05) is 0 Å². The summed E-state index contributed by atoms with van der Waals surface area (Å²) in [5, 5.41) is 4.04. The van der Waals surface area contributed by atoms with Crippen molar-refractivity contribution in [1.29, 1.82) is 0 Å². The van der Waals surface area contributed by atoms with Gasteiger partial charge in [-0.25, -0.2) is 0 Å². The van der Waals surface area contributed by atoms with E-state index >= 15 is 0 Å². The lowest BCUT2D eigenvalue weighted by Crippen LogP contribution is -2.23. The molecule has 0 radical (unpaired) electrons. The Morgan fingerprint density at radius 1 is 1.27 bits per heavy atom. The van der Waals surface area contributed by atoms with Crippen LogP contribution in [0.3, 0.4) is 0 Å². The molecule has 0 unspecified atom stereocenters. The molecule has 5 nitrogen and oxygen atoms in total. The van der Waals surface area contributed by atoms with Crippen molar-refractivity contribution in [2.24, 2.45) is 11.7 Å². The molecule has 1 fully saturated rings. The molecule has 0 amide bonds. The van der Waals surface area contributed by atoms with E-state index < -0.39 is 0 Å². The monoisotopic (exact) mass is 300 g/mol. The standard InChI is InChI=1S/C17H24N4O/c1-12(2)17-19-16(22-20-17)11-21-9-14(8-18)15(10-21)13-6-4-3-5-7-13/h3-7,12,14-15H,8-11,18H2,1-2H3/t14-,15+/m1/s1. The maximum absolute atomic E-state index is 5.98. The third-order valence-corrected chi connectivity index (χ3v) is 4.41. The molecule has 0 saturated carbocycles. The maximum atomic E-state index is 5.98. The summed E-state index contributed by atoms with van der Waals surface area (Å²) in [6.07, 6.45) is 0. The fourth-order valence-corrected chi connectivity index (χ4v) is 3.16. The Balaban J connectivity index is 1.68. The largest absolute Gasteiger partial charge is 0.338 e. The van der Waals surface area contributed by atoms with Gasteiger partial charge >= 0.3 is 0 Å². The average Bonchev–Trinajstić information content (AvgIpc) is 3.15. The Hall–Kier alpha value is -1.72. The molecule has 2 atom stereocenters. The number of nitrogens with two attached hydrogens (primary N) is 1. The first-order valence-electron chi connectivity index (χ1n) is 7.97. The zero-order valence-corrected chi connectivity index (χ0v) is 13.3. The van der Waals surface area contributed by atoms with Crippen molar-refractivity contribution >= 4 is 0 Å². The number of likely N-dealkylation sites (tertiary alicyclic amines) is 1. The van der Waals surface area contributed by atoms with Gasteiger partial charge in [-0.05, 0) is 18.0 Å². The minimum Gasteiger partial charge on any atom is -0.338 e. The average molecular weight is 300 g/mol. The molecular formula is C17H24N4O. The molecule has 5 heteroatoms. The second-order valence-corrected chi connectivity index (χ2v) is 6.41. The summed E-state index contributed by atoms with van der Waals surface area (Å²) in [6.45, 7) is 7.53. The quantitative estimate of drug-likeness (QED) is 0.918. The highest BCUT2D eigenvalue weighted by atomic mass is 16.5. The highest BCUT2D eigenvalue weighted by Crippen LogP contribution is 2.32.